The first-order valence-electron chi connectivity index (χ1n) is 10.3. The number of aryl methyl sites for hydroxylation is 2. The molecular weight excluding hydrogens is 403 g/mol. The predicted molar refractivity (Wildman–Crippen MR) is 121 cm³/mol. The van der Waals surface area contributed by atoms with Crippen molar-refractivity contribution in [2.75, 3.05) is 19.6 Å². The molecule has 1 aliphatic rings. The Bertz CT molecular complexity index is 960. The molecule has 152 valence electrons. The van der Waals surface area contributed by atoms with Crippen LogP contribution in [0.4, 0.5) is 0 Å². The molecule has 6 heteroatoms. The maximum absolute atomic E-state index is 6.50. The van der Waals surface area contributed by atoms with Gasteiger partial charge in [-0.1, -0.05) is 59.5 Å². The van der Waals surface area contributed by atoms with Crippen LogP contribution in [-0.2, 0) is 6.54 Å². The molecule has 0 saturated carbocycles. The van der Waals surface area contributed by atoms with E-state index in [4.69, 9.17) is 33.4 Å². The Balaban J connectivity index is 1.60. The number of piperidine rings is 1. The van der Waals surface area contributed by atoms with Crippen LogP contribution in [0.15, 0.2) is 42.5 Å². The summed E-state index contributed by atoms with van der Waals surface area (Å²) in [5.74, 6) is 0. The van der Waals surface area contributed by atoms with Crippen LogP contribution >= 0.6 is 23.2 Å². The van der Waals surface area contributed by atoms with Crippen molar-refractivity contribution >= 4 is 23.2 Å². The third-order valence-electron chi connectivity index (χ3n) is 5.45. The molecule has 0 atom stereocenters. The number of hydrogen-bond donors (Lipinski definition) is 0. The van der Waals surface area contributed by atoms with Crippen LogP contribution in [0.2, 0.25) is 10.0 Å². The first-order valence-corrected chi connectivity index (χ1v) is 11.1. The summed E-state index contributed by atoms with van der Waals surface area (Å²) in [6.07, 6.45) is 5.03. The highest BCUT2D eigenvalue weighted by Crippen LogP contribution is 2.35. The normalized spacial score (nSPS) is 15.0. The number of hydrogen-bond acceptors (Lipinski definition) is 3. The Morgan fingerprint density at radius 2 is 1.59 bits per heavy atom. The van der Waals surface area contributed by atoms with Crippen molar-refractivity contribution in [2.24, 2.45) is 0 Å². The molecule has 4 nitrogen and oxygen atoms in total. The summed E-state index contributed by atoms with van der Waals surface area (Å²) in [6, 6.07) is 13.9. The van der Waals surface area contributed by atoms with Crippen molar-refractivity contribution in [3.05, 3.63) is 58.1 Å². The van der Waals surface area contributed by atoms with Gasteiger partial charge in [0.25, 0.3) is 0 Å². The topological polar surface area (TPSA) is 34.0 Å². The third-order valence-corrected chi connectivity index (χ3v) is 6.00. The van der Waals surface area contributed by atoms with Crippen LogP contribution in [0, 0.1) is 6.92 Å². The average Bonchev–Trinajstić information content (AvgIpc) is 3.13. The molecule has 0 N–H and O–H groups in total. The van der Waals surface area contributed by atoms with Gasteiger partial charge in [0.2, 0.25) is 0 Å². The zero-order valence-electron chi connectivity index (χ0n) is 16.7. The summed E-state index contributed by atoms with van der Waals surface area (Å²) in [4.78, 5) is 4.37. The lowest BCUT2D eigenvalue weighted by atomic mass is 10.0. The fraction of sp³-hybridized carbons (Fsp3) is 0.391. The lowest BCUT2D eigenvalue weighted by molar-refractivity contribution is 0.220. The van der Waals surface area contributed by atoms with E-state index in [0.29, 0.717) is 10.0 Å². The van der Waals surface area contributed by atoms with E-state index < -0.39 is 0 Å². The number of halogens is 2. The van der Waals surface area contributed by atoms with Crippen LogP contribution in [0.5, 0.6) is 0 Å². The number of benzene rings is 2. The molecule has 0 radical (unpaired) electrons. The summed E-state index contributed by atoms with van der Waals surface area (Å²) in [7, 11) is 0. The summed E-state index contributed by atoms with van der Waals surface area (Å²) in [5, 5.41) is 10.8. The minimum absolute atomic E-state index is 0.589. The van der Waals surface area contributed by atoms with Gasteiger partial charge in [0.1, 0.15) is 11.4 Å². The Hall–Kier alpha value is -1.88. The zero-order valence-corrected chi connectivity index (χ0v) is 18.3. The van der Waals surface area contributed by atoms with Gasteiger partial charge >= 0.3 is 0 Å². The highest BCUT2D eigenvalue weighted by Gasteiger charge is 2.18. The van der Waals surface area contributed by atoms with Crippen molar-refractivity contribution in [3.8, 4) is 22.5 Å². The molecule has 1 aliphatic heterocycles. The minimum Gasteiger partial charge on any atom is -0.303 e. The van der Waals surface area contributed by atoms with Crippen molar-refractivity contribution in [1.29, 1.82) is 0 Å². The summed E-state index contributed by atoms with van der Waals surface area (Å²) < 4.78 is 0. The Morgan fingerprint density at radius 3 is 2.31 bits per heavy atom. The SMILES string of the molecule is Cc1ccc(-c2nn(CCCN3CCCCC3)nc2-c2ccc(Cl)cc2Cl)cc1. The molecular formula is C23H26Cl2N4. The van der Waals surface area contributed by atoms with Crippen molar-refractivity contribution < 1.29 is 0 Å². The van der Waals surface area contributed by atoms with Gasteiger partial charge in [-0.25, -0.2) is 0 Å². The molecule has 0 bridgehead atoms. The number of rotatable bonds is 6. The van der Waals surface area contributed by atoms with Crippen LogP contribution in [0.25, 0.3) is 22.5 Å². The monoisotopic (exact) mass is 428 g/mol. The quantitative estimate of drug-likeness (QED) is 0.475. The summed E-state index contributed by atoms with van der Waals surface area (Å²) in [6.45, 7) is 6.40. The van der Waals surface area contributed by atoms with E-state index in [-0.39, 0.29) is 0 Å². The maximum Gasteiger partial charge on any atom is 0.122 e. The van der Waals surface area contributed by atoms with Gasteiger partial charge in [0, 0.05) is 16.1 Å². The smallest absolute Gasteiger partial charge is 0.122 e. The Morgan fingerprint density at radius 1 is 0.862 bits per heavy atom. The second kappa shape index (κ2) is 9.29. The summed E-state index contributed by atoms with van der Waals surface area (Å²) in [5.41, 5.74) is 4.77. The molecule has 0 aliphatic carbocycles. The fourth-order valence-corrected chi connectivity index (χ4v) is 4.33. The second-order valence-corrected chi connectivity index (χ2v) is 8.58. The second-order valence-electron chi connectivity index (χ2n) is 7.74. The number of likely N-dealkylation sites (tertiary alicyclic amines) is 1. The lowest BCUT2D eigenvalue weighted by Gasteiger charge is -2.26. The third kappa shape index (κ3) is 5.00. The number of nitrogens with zero attached hydrogens (tertiary/aromatic N) is 4. The van der Waals surface area contributed by atoms with Crippen LogP contribution in [0.1, 0.15) is 31.2 Å². The molecule has 0 spiro atoms. The van der Waals surface area contributed by atoms with Crippen molar-refractivity contribution in [1.82, 2.24) is 19.9 Å². The molecule has 4 rings (SSSR count). The Kier molecular flexibility index (Phi) is 6.53. The van der Waals surface area contributed by atoms with Crippen molar-refractivity contribution in [3.63, 3.8) is 0 Å². The first-order chi connectivity index (χ1) is 14.1. The molecule has 2 heterocycles. The first kappa shape index (κ1) is 20.4. The molecule has 1 fully saturated rings. The minimum atomic E-state index is 0.589. The molecule has 1 saturated heterocycles. The molecule has 0 unspecified atom stereocenters. The van der Waals surface area contributed by atoms with E-state index in [1.807, 2.05) is 16.9 Å². The molecule has 29 heavy (non-hydrogen) atoms. The largest absolute Gasteiger partial charge is 0.303 e. The van der Waals surface area contributed by atoms with E-state index >= 15 is 0 Å². The standard InChI is InChI=1S/C23H26Cl2N4/c1-17-6-8-18(9-7-17)22-23(20-11-10-19(24)16-21(20)25)27-29(26-22)15-5-14-28-12-3-2-4-13-28/h6-11,16H,2-5,12-15H2,1H3. The fourth-order valence-electron chi connectivity index (χ4n) is 3.84. The maximum atomic E-state index is 6.50. The van der Waals surface area contributed by atoms with E-state index in [1.165, 1.54) is 37.9 Å². The summed E-state index contributed by atoms with van der Waals surface area (Å²) >= 11 is 12.6. The predicted octanol–water partition coefficient (Wildman–Crippen LogP) is 6.10. The van der Waals surface area contributed by atoms with Gasteiger partial charge in [0.05, 0.1) is 11.6 Å². The van der Waals surface area contributed by atoms with E-state index in [1.54, 1.807) is 6.07 Å². The van der Waals surface area contributed by atoms with E-state index in [2.05, 4.69) is 36.1 Å². The lowest BCUT2D eigenvalue weighted by Crippen LogP contribution is -2.31. The van der Waals surface area contributed by atoms with Gasteiger partial charge in [-0.05, 0) is 64.0 Å². The zero-order chi connectivity index (χ0) is 20.2. The van der Waals surface area contributed by atoms with E-state index in [9.17, 15) is 0 Å². The molecule has 3 aromatic rings. The highest BCUT2D eigenvalue weighted by atomic mass is 35.5. The van der Waals surface area contributed by atoms with Crippen molar-refractivity contribution in [2.45, 2.75) is 39.2 Å². The van der Waals surface area contributed by atoms with E-state index in [0.717, 1.165) is 42.0 Å². The van der Waals surface area contributed by atoms with Gasteiger partial charge in [-0.15, -0.1) is 0 Å². The molecule has 1 aromatic heterocycles. The van der Waals surface area contributed by atoms with Gasteiger partial charge in [-0.3, -0.25) is 0 Å². The van der Waals surface area contributed by atoms with Gasteiger partial charge < -0.3 is 4.90 Å². The van der Waals surface area contributed by atoms with Gasteiger partial charge in [0.15, 0.2) is 0 Å². The number of aromatic nitrogens is 3. The average molecular weight is 429 g/mol. The van der Waals surface area contributed by atoms with Crippen LogP contribution in [-0.4, -0.2) is 39.5 Å². The molecule has 0 amide bonds. The van der Waals surface area contributed by atoms with Crippen LogP contribution in [0.3, 0.4) is 0 Å². The van der Waals surface area contributed by atoms with Gasteiger partial charge in [-0.2, -0.15) is 15.0 Å². The molecule has 2 aromatic carbocycles. The highest BCUT2D eigenvalue weighted by molar-refractivity contribution is 6.36. The van der Waals surface area contributed by atoms with Crippen LogP contribution < -0.4 is 0 Å². The Labute approximate surface area is 182 Å².